The average molecular weight is 500 g/mol. The molecule has 1 aliphatic rings. The predicted molar refractivity (Wildman–Crippen MR) is 136 cm³/mol. The fourth-order valence-electron chi connectivity index (χ4n) is 4.09. The Hall–Kier alpha value is -3.09. The van der Waals surface area contributed by atoms with Crippen molar-refractivity contribution in [1.29, 1.82) is 0 Å². The fourth-order valence-corrected chi connectivity index (χ4v) is 4.61. The number of nitrogens with one attached hydrogen (secondary N) is 1. The molecule has 0 atom stereocenters. The zero-order valence-electron chi connectivity index (χ0n) is 20.5. The number of hydrogen-bond acceptors (Lipinski definition) is 11. The van der Waals surface area contributed by atoms with Gasteiger partial charge in [0.05, 0.1) is 24.6 Å². The topological polar surface area (TPSA) is 118 Å². The van der Waals surface area contributed by atoms with Crippen LogP contribution in [0.2, 0.25) is 0 Å². The molecule has 4 rings (SSSR count). The molecule has 3 N–H and O–H groups in total. The summed E-state index contributed by atoms with van der Waals surface area (Å²) in [5.74, 6) is 0.788. The Morgan fingerprint density at radius 1 is 1.09 bits per heavy atom. The summed E-state index contributed by atoms with van der Waals surface area (Å²) in [6, 6.07) is 3.31. The quantitative estimate of drug-likeness (QED) is 0.466. The number of halogens is 1. The number of ether oxygens (including phenoxy) is 1. The van der Waals surface area contributed by atoms with Gasteiger partial charge in [0.15, 0.2) is 11.6 Å². The van der Waals surface area contributed by atoms with Crippen LogP contribution in [0.25, 0.3) is 11.4 Å². The van der Waals surface area contributed by atoms with E-state index in [4.69, 9.17) is 15.5 Å². The first-order valence-corrected chi connectivity index (χ1v) is 12.4. The normalized spacial score (nSPS) is 15.3. The molecule has 0 bridgehead atoms. The maximum Gasteiger partial charge on any atom is 0.250 e. The summed E-state index contributed by atoms with van der Waals surface area (Å²) < 4.78 is 21.5. The summed E-state index contributed by atoms with van der Waals surface area (Å²) in [7, 11) is 1.37. The first-order chi connectivity index (χ1) is 16.7. The molecule has 0 aliphatic carbocycles. The van der Waals surface area contributed by atoms with Crippen LogP contribution in [0.15, 0.2) is 24.5 Å². The number of aromatic nitrogens is 5. The number of nitrogens with two attached hydrogens (primary N) is 1. The molecule has 35 heavy (non-hydrogen) atoms. The standard InChI is InChI=1S/C23H30FN9OS/c1-14-28-20(31-22(25)29-14)17-10-15(23(2,3)32-6-8-33(35-5)9-7-32)12-26-19(17)30-16-11-18(24)21(34-4)27-13-16/h10-13H,6-9H2,1-5H3,(H,26,30)(H2,25,28,29,31). The number of hydrogen-bond donors (Lipinski definition) is 2. The van der Waals surface area contributed by atoms with E-state index in [2.05, 4.69) is 54.6 Å². The molecule has 1 fully saturated rings. The van der Waals surface area contributed by atoms with Gasteiger partial charge in [-0.2, -0.15) is 9.97 Å². The average Bonchev–Trinajstić information content (AvgIpc) is 2.83. The second-order valence-corrected chi connectivity index (χ2v) is 9.56. The Kier molecular flexibility index (Phi) is 7.33. The van der Waals surface area contributed by atoms with E-state index >= 15 is 0 Å². The van der Waals surface area contributed by atoms with Crippen molar-refractivity contribution in [2.45, 2.75) is 26.3 Å². The van der Waals surface area contributed by atoms with Crippen molar-refractivity contribution in [3.05, 3.63) is 41.7 Å². The van der Waals surface area contributed by atoms with Crippen LogP contribution >= 0.6 is 11.9 Å². The Morgan fingerprint density at radius 3 is 2.46 bits per heavy atom. The van der Waals surface area contributed by atoms with E-state index in [0.717, 1.165) is 31.7 Å². The van der Waals surface area contributed by atoms with Crippen LogP contribution in [0.4, 0.5) is 21.8 Å². The van der Waals surface area contributed by atoms with Crippen molar-refractivity contribution >= 4 is 29.4 Å². The maximum atomic E-state index is 14.3. The highest BCUT2D eigenvalue weighted by atomic mass is 32.2. The largest absolute Gasteiger partial charge is 0.479 e. The van der Waals surface area contributed by atoms with Crippen LogP contribution in [0.1, 0.15) is 25.2 Å². The van der Waals surface area contributed by atoms with Crippen molar-refractivity contribution in [3.8, 4) is 17.3 Å². The summed E-state index contributed by atoms with van der Waals surface area (Å²) in [6.45, 7) is 9.99. The highest BCUT2D eigenvalue weighted by molar-refractivity contribution is 7.96. The van der Waals surface area contributed by atoms with Gasteiger partial charge in [-0.1, -0.05) is 11.9 Å². The van der Waals surface area contributed by atoms with Gasteiger partial charge in [-0.05, 0) is 38.7 Å². The highest BCUT2D eigenvalue weighted by Gasteiger charge is 2.32. The smallest absolute Gasteiger partial charge is 0.250 e. The van der Waals surface area contributed by atoms with Crippen molar-refractivity contribution in [2.24, 2.45) is 0 Å². The number of aryl methyl sites for hydroxylation is 1. The lowest BCUT2D eigenvalue weighted by molar-refractivity contribution is 0.0808. The van der Waals surface area contributed by atoms with E-state index in [1.807, 2.05) is 12.3 Å². The molecule has 12 heteroatoms. The van der Waals surface area contributed by atoms with Crippen LogP contribution in [-0.2, 0) is 5.54 Å². The molecule has 1 aliphatic heterocycles. The van der Waals surface area contributed by atoms with Crippen LogP contribution in [0, 0.1) is 12.7 Å². The van der Waals surface area contributed by atoms with Crippen molar-refractivity contribution in [1.82, 2.24) is 34.1 Å². The van der Waals surface area contributed by atoms with Gasteiger partial charge < -0.3 is 15.8 Å². The van der Waals surface area contributed by atoms with E-state index in [-0.39, 0.29) is 17.4 Å². The van der Waals surface area contributed by atoms with Gasteiger partial charge in [0.25, 0.3) is 0 Å². The SMILES string of the molecule is COc1ncc(Nc2ncc(C(C)(C)N3CCN(SC)CC3)cc2-c2nc(C)nc(N)n2)cc1F. The Bertz CT molecular complexity index is 1180. The van der Waals surface area contributed by atoms with Gasteiger partial charge in [0.1, 0.15) is 11.6 Å². The monoisotopic (exact) mass is 499 g/mol. The molecule has 10 nitrogen and oxygen atoms in total. The van der Waals surface area contributed by atoms with Gasteiger partial charge in [0, 0.05) is 44.0 Å². The van der Waals surface area contributed by atoms with Crippen molar-refractivity contribution < 1.29 is 9.13 Å². The van der Waals surface area contributed by atoms with Gasteiger partial charge in [-0.15, -0.1) is 0 Å². The van der Waals surface area contributed by atoms with E-state index < -0.39 is 5.82 Å². The van der Waals surface area contributed by atoms with E-state index in [0.29, 0.717) is 28.7 Å². The lowest BCUT2D eigenvalue weighted by Gasteiger charge is -2.43. The molecular formula is C23H30FN9OS. The van der Waals surface area contributed by atoms with Crippen LogP contribution < -0.4 is 15.8 Å². The van der Waals surface area contributed by atoms with Crippen LogP contribution in [-0.4, -0.2) is 73.7 Å². The first-order valence-electron chi connectivity index (χ1n) is 11.2. The van der Waals surface area contributed by atoms with Crippen molar-refractivity contribution in [3.63, 3.8) is 0 Å². The third kappa shape index (κ3) is 5.44. The second kappa shape index (κ2) is 10.3. The van der Waals surface area contributed by atoms with Gasteiger partial charge in [-0.3, -0.25) is 4.90 Å². The summed E-state index contributed by atoms with van der Waals surface area (Å²) in [6.07, 6.45) is 5.41. The van der Waals surface area contributed by atoms with Crippen LogP contribution in [0.5, 0.6) is 5.88 Å². The van der Waals surface area contributed by atoms with Crippen LogP contribution in [0.3, 0.4) is 0 Å². The number of piperazine rings is 1. The minimum atomic E-state index is -0.582. The molecule has 3 aromatic heterocycles. The molecule has 186 valence electrons. The molecule has 3 aromatic rings. The number of anilines is 3. The zero-order valence-corrected chi connectivity index (χ0v) is 21.4. The molecule has 0 spiro atoms. The third-order valence-corrected chi connectivity index (χ3v) is 7.03. The second-order valence-electron chi connectivity index (χ2n) is 8.68. The Labute approximate surface area is 208 Å². The summed E-state index contributed by atoms with van der Waals surface area (Å²) in [4.78, 5) is 24.1. The van der Waals surface area contributed by atoms with E-state index in [1.54, 1.807) is 18.9 Å². The lowest BCUT2D eigenvalue weighted by Crippen LogP contribution is -2.51. The van der Waals surface area contributed by atoms with E-state index in [9.17, 15) is 4.39 Å². The number of nitrogen functional groups attached to an aromatic ring is 1. The maximum absolute atomic E-state index is 14.3. The lowest BCUT2D eigenvalue weighted by atomic mass is 9.91. The summed E-state index contributed by atoms with van der Waals surface area (Å²) in [5.41, 5.74) is 7.69. The fraction of sp³-hybridized carbons (Fsp3) is 0.435. The third-order valence-electron chi connectivity index (χ3n) is 6.15. The molecule has 0 amide bonds. The Morgan fingerprint density at radius 2 is 1.83 bits per heavy atom. The van der Waals surface area contributed by atoms with E-state index in [1.165, 1.54) is 19.4 Å². The molecule has 0 radical (unpaired) electrons. The predicted octanol–water partition coefficient (Wildman–Crippen LogP) is 3.24. The Balaban J connectivity index is 1.74. The molecular weight excluding hydrogens is 469 g/mol. The zero-order chi connectivity index (χ0) is 25.2. The molecule has 4 heterocycles. The molecule has 0 aromatic carbocycles. The first kappa shape index (κ1) is 25.0. The highest BCUT2D eigenvalue weighted by Crippen LogP contribution is 2.35. The van der Waals surface area contributed by atoms with Gasteiger partial charge >= 0.3 is 0 Å². The molecule has 1 saturated heterocycles. The summed E-state index contributed by atoms with van der Waals surface area (Å²) >= 11 is 1.77. The minimum Gasteiger partial charge on any atom is -0.479 e. The summed E-state index contributed by atoms with van der Waals surface area (Å²) in [5, 5.41) is 3.14. The molecule has 0 saturated carbocycles. The number of pyridine rings is 2. The van der Waals surface area contributed by atoms with Crippen molar-refractivity contribution in [2.75, 3.05) is 50.6 Å². The number of rotatable bonds is 7. The number of methoxy groups -OCH3 is 1. The van der Waals surface area contributed by atoms with Gasteiger partial charge in [0.2, 0.25) is 11.8 Å². The number of nitrogens with zero attached hydrogens (tertiary/aromatic N) is 7. The van der Waals surface area contributed by atoms with Gasteiger partial charge in [-0.25, -0.2) is 23.6 Å². The molecule has 0 unspecified atom stereocenters. The minimum absolute atomic E-state index is 0.0803.